The van der Waals surface area contributed by atoms with Gasteiger partial charge in [-0.2, -0.15) is 0 Å². The van der Waals surface area contributed by atoms with E-state index in [2.05, 4.69) is 4.74 Å². The van der Waals surface area contributed by atoms with E-state index >= 15 is 0 Å². The summed E-state index contributed by atoms with van der Waals surface area (Å²) in [4.78, 5) is 22.8. The van der Waals surface area contributed by atoms with Gasteiger partial charge in [0.05, 0.1) is 12.7 Å². The molecule has 0 amide bonds. The first-order valence-corrected chi connectivity index (χ1v) is 6.51. The molecule has 2 unspecified atom stereocenters. The fourth-order valence-corrected chi connectivity index (χ4v) is 1.83. The normalized spacial score (nSPS) is 13.2. The van der Waals surface area contributed by atoms with Crippen molar-refractivity contribution in [2.24, 2.45) is 0 Å². The van der Waals surface area contributed by atoms with Gasteiger partial charge >= 0.3 is 12.1 Å². The van der Waals surface area contributed by atoms with Crippen molar-refractivity contribution in [1.29, 1.82) is 0 Å². The highest BCUT2D eigenvalue weighted by atomic mass is 35.5. The fraction of sp³-hybridized carbons (Fsp3) is 0.429. The molecule has 110 valence electrons. The highest BCUT2D eigenvalue weighted by Crippen LogP contribution is 2.14. The van der Waals surface area contributed by atoms with Crippen LogP contribution in [0.1, 0.15) is 30.6 Å². The van der Waals surface area contributed by atoms with Crippen LogP contribution in [-0.4, -0.2) is 31.4 Å². The van der Waals surface area contributed by atoms with Gasteiger partial charge < -0.3 is 14.2 Å². The van der Waals surface area contributed by atoms with Gasteiger partial charge in [0.25, 0.3) is 0 Å². The van der Waals surface area contributed by atoms with Crippen molar-refractivity contribution in [1.82, 2.24) is 0 Å². The molecule has 0 radical (unpaired) electrons. The zero-order valence-corrected chi connectivity index (χ0v) is 12.3. The molecule has 20 heavy (non-hydrogen) atoms. The summed E-state index contributed by atoms with van der Waals surface area (Å²) in [6.45, 7) is 3.42. The molecule has 0 saturated heterocycles. The number of methoxy groups -OCH3 is 1. The minimum absolute atomic E-state index is 0.376. The maximum atomic E-state index is 11.9. The first kappa shape index (κ1) is 16.3. The molecular formula is C14H17ClO5. The van der Waals surface area contributed by atoms with Crippen LogP contribution in [0.2, 0.25) is 5.02 Å². The summed E-state index contributed by atoms with van der Waals surface area (Å²) >= 11 is 5.80. The molecule has 0 bridgehead atoms. The van der Waals surface area contributed by atoms with E-state index in [1.165, 1.54) is 13.2 Å². The van der Waals surface area contributed by atoms with E-state index in [1.807, 2.05) is 0 Å². The van der Waals surface area contributed by atoms with E-state index in [9.17, 15) is 9.59 Å². The zero-order valence-electron chi connectivity index (χ0n) is 11.6. The number of benzene rings is 1. The molecule has 0 heterocycles. The van der Waals surface area contributed by atoms with Crippen LogP contribution in [0, 0.1) is 0 Å². The SMILES string of the molecule is COC(=O)OC(C)CC(C)OC(=O)c1cccc(Cl)c1. The third-order valence-corrected chi connectivity index (χ3v) is 2.73. The Balaban J connectivity index is 2.47. The topological polar surface area (TPSA) is 61.8 Å². The second-order valence-electron chi connectivity index (χ2n) is 4.34. The summed E-state index contributed by atoms with van der Waals surface area (Å²) in [7, 11) is 1.23. The molecule has 1 aromatic carbocycles. The Bertz CT molecular complexity index is 474. The molecule has 0 aromatic heterocycles. The largest absolute Gasteiger partial charge is 0.508 e. The number of carbonyl (C=O) groups excluding carboxylic acids is 2. The lowest BCUT2D eigenvalue weighted by Gasteiger charge is -2.17. The standard InChI is InChI=1S/C14H17ClO5/c1-9(7-10(2)20-14(17)18-3)19-13(16)11-5-4-6-12(15)8-11/h4-6,8-10H,7H2,1-3H3. The van der Waals surface area contributed by atoms with E-state index in [1.54, 1.807) is 32.0 Å². The van der Waals surface area contributed by atoms with Gasteiger partial charge in [-0.3, -0.25) is 0 Å². The molecule has 0 aliphatic rings. The van der Waals surface area contributed by atoms with Crippen LogP contribution in [0.15, 0.2) is 24.3 Å². The first-order valence-electron chi connectivity index (χ1n) is 6.13. The summed E-state index contributed by atoms with van der Waals surface area (Å²) in [5, 5.41) is 0.467. The Labute approximate surface area is 122 Å². The van der Waals surface area contributed by atoms with Crippen molar-refractivity contribution in [3.05, 3.63) is 34.9 Å². The van der Waals surface area contributed by atoms with E-state index in [0.717, 1.165) is 0 Å². The molecule has 1 aromatic rings. The number of halogens is 1. The Morgan fingerprint density at radius 1 is 1.20 bits per heavy atom. The molecule has 0 aliphatic carbocycles. The lowest BCUT2D eigenvalue weighted by atomic mass is 10.2. The third-order valence-electron chi connectivity index (χ3n) is 2.50. The zero-order chi connectivity index (χ0) is 15.1. The van der Waals surface area contributed by atoms with Crippen LogP contribution >= 0.6 is 11.6 Å². The number of esters is 1. The van der Waals surface area contributed by atoms with Gasteiger partial charge in [0.1, 0.15) is 12.2 Å². The van der Waals surface area contributed by atoms with Gasteiger partial charge in [0, 0.05) is 11.4 Å². The quantitative estimate of drug-likeness (QED) is 0.779. The Morgan fingerprint density at radius 3 is 2.45 bits per heavy atom. The van der Waals surface area contributed by atoms with Crippen LogP contribution in [0.5, 0.6) is 0 Å². The monoisotopic (exact) mass is 300 g/mol. The number of hydrogen-bond donors (Lipinski definition) is 0. The molecule has 0 aliphatic heterocycles. The van der Waals surface area contributed by atoms with Crippen molar-refractivity contribution in [3.63, 3.8) is 0 Å². The summed E-state index contributed by atoms with van der Waals surface area (Å²) < 4.78 is 14.5. The second kappa shape index (κ2) is 7.75. The molecule has 0 saturated carbocycles. The lowest BCUT2D eigenvalue weighted by molar-refractivity contribution is 0.00601. The van der Waals surface area contributed by atoms with Crippen molar-refractivity contribution >= 4 is 23.7 Å². The maximum absolute atomic E-state index is 11.9. The molecule has 0 N–H and O–H groups in total. The predicted octanol–water partition coefficient (Wildman–Crippen LogP) is 3.45. The summed E-state index contributed by atoms with van der Waals surface area (Å²) in [5.41, 5.74) is 0.380. The van der Waals surface area contributed by atoms with Gasteiger partial charge in [0.2, 0.25) is 0 Å². The van der Waals surface area contributed by atoms with Crippen molar-refractivity contribution in [2.45, 2.75) is 32.5 Å². The Hall–Kier alpha value is -1.75. The highest BCUT2D eigenvalue weighted by Gasteiger charge is 2.17. The van der Waals surface area contributed by atoms with Crippen molar-refractivity contribution < 1.29 is 23.8 Å². The highest BCUT2D eigenvalue weighted by molar-refractivity contribution is 6.30. The average Bonchev–Trinajstić information content (AvgIpc) is 2.37. The minimum Gasteiger partial charge on any atom is -0.459 e. The molecule has 0 fully saturated rings. The van der Waals surface area contributed by atoms with Gasteiger partial charge in [-0.15, -0.1) is 0 Å². The summed E-state index contributed by atoms with van der Waals surface area (Å²) in [6, 6.07) is 6.50. The Kier molecular flexibility index (Phi) is 6.31. The van der Waals surface area contributed by atoms with E-state index < -0.39 is 24.3 Å². The second-order valence-corrected chi connectivity index (χ2v) is 4.78. The van der Waals surface area contributed by atoms with Gasteiger partial charge in [-0.05, 0) is 32.0 Å². The minimum atomic E-state index is -0.758. The Morgan fingerprint density at radius 2 is 1.85 bits per heavy atom. The van der Waals surface area contributed by atoms with Gasteiger partial charge in [-0.1, -0.05) is 17.7 Å². The summed E-state index contributed by atoms with van der Waals surface area (Å²) in [6.07, 6.45) is -1.20. The lowest BCUT2D eigenvalue weighted by Crippen LogP contribution is -2.23. The van der Waals surface area contributed by atoms with Crippen LogP contribution in [0.25, 0.3) is 0 Å². The van der Waals surface area contributed by atoms with E-state index in [-0.39, 0.29) is 0 Å². The maximum Gasteiger partial charge on any atom is 0.508 e. The number of carbonyl (C=O) groups is 2. The molecule has 2 atom stereocenters. The predicted molar refractivity (Wildman–Crippen MR) is 73.9 cm³/mol. The van der Waals surface area contributed by atoms with Gasteiger partial charge in [-0.25, -0.2) is 9.59 Å². The van der Waals surface area contributed by atoms with Gasteiger partial charge in [0.15, 0.2) is 0 Å². The van der Waals surface area contributed by atoms with Crippen molar-refractivity contribution in [2.75, 3.05) is 7.11 Å². The van der Waals surface area contributed by atoms with Crippen molar-refractivity contribution in [3.8, 4) is 0 Å². The number of rotatable bonds is 5. The van der Waals surface area contributed by atoms with E-state index in [4.69, 9.17) is 21.1 Å². The van der Waals surface area contributed by atoms with Crippen LogP contribution in [-0.2, 0) is 14.2 Å². The average molecular weight is 301 g/mol. The first-order chi connectivity index (χ1) is 9.42. The fourth-order valence-electron chi connectivity index (χ4n) is 1.64. The molecule has 0 spiro atoms. The summed E-state index contributed by atoms with van der Waals surface area (Å²) in [5.74, 6) is -0.467. The molecule has 5 nitrogen and oxygen atoms in total. The van der Waals surface area contributed by atoms with Crippen LogP contribution in [0.3, 0.4) is 0 Å². The smallest absolute Gasteiger partial charge is 0.459 e. The number of ether oxygens (including phenoxy) is 3. The molecule has 1 rings (SSSR count). The molecular weight excluding hydrogens is 284 g/mol. The van der Waals surface area contributed by atoms with E-state index in [0.29, 0.717) is 17.0 Å². The molecule has 6 heteroatoms. The van der Waals surface area contributed by atoms with Crippen LogP contribution < -0.4 is 0 Å². The van der Waals surface area contributed by atoms with Crippen LogP contribution in [0.4, 0.5) is 4.79 Å². The number of hydrogen-bond acceptors (Lipinski definition) is 5. The third kappa shape index (κ3) is 5.48.